The Balaban J connectivity index is 2.04. The number of nitrogens with one attached hydrogen (secondary N) is 1. The Bertz CT molecular complexity index is 525. The summed E-state index contributed by atoms with van der Waals surface area (Å²) in [5, 5.41) is 2.76. The zero-order chi connectivity index (χ0) is 13.9. The van der Waals surface area contributed by atoms with Crippen LogP contribution in [0.15, 0.2) is 16.8 Å². The van der Waals surface area contributed by atoms with Crippen LogP contribution in [0.3, 0.4) is 0 Å². The zero-order valence-corrected chi connectivity index (χ0v) is 11.4. The number of nitrogens with zero attached hydrogens (tertiary/aromatic N) is 1. The Morgan fingerprint density at radius 2 is 2.37 bits per heavy atom. The maximum atomic E-state index is 12.2. The minimum absolute atomic E-state index is 0.0345. The summed E-state index contributed by atoms with van der Waals surface area (Å²) >= 11 is 0. The molecule has 0 aromatic carbocycles. The second kappa shape index (κ2) is 5.70. The van der Waals surface area contributed by atoms with Crippen LogP contribution in [0.1, 0.15) is 25.0 Å². The van der Waals surface area contributed by atoms with Gasteiger partial charge in [0.15, 0.2) is 5.76 Å². The van der Waals surface area contributed by atoms with E-state index in [0.717, 1.165) is 0 Å². The molecule has 1 fully saturated rings. The number of methoxy groups -OCH3 is 1. The average molecular weight is 288 g/mol. The van der Waals surface area contributed by atoms with Crippen molar-refractivity contribution in [3.63, 3.8) is 0 Å². The number of aromatic nitrogens is 1. The second-order valence-electron chi connectivity index (χ2n) is 4.44. The number of esters is 1. The van der Waals surface area contributed by atoms with Crippen molar-refractivity contribution >= 4 is 16.0 Å². The lowest BCUT2D eigenvalue weighted by Crippen LogP contribution is -2.39. The monoisotopic (exact) mass is 288 g/mol. The second-order valence-corrected chi connectivity index (χ2v) is 6.43. The molecule has 1 aliphatic rings. The van der Waals surface area contributed by atoms with Gasteiger partial charge in [0.2, 0.25) is 10.0 Å². The topological polar surface area (TPSA) is 98.5 Å². The van der Waals surface area contributed by atoms with Crippen molar-refractivity contribution in [2.24, 2.45) is 5.92 Å². The van der Waals surface area contributed by atoms with E-state index in [9.17, 15) is 13.2 Å². The molecule has 2 atom stereocenters. The molecule has 0 aliphatic heterocycles. The number of hydrogen-bond acceptors (Lipinski definition) is 6. The molecule has 1 N–H and O–H groups in total. The largest absolute Gasteiger partial charge is 0.469 e. The van der Waals surface area contributed by atoms with Crippen LogP contribution in [0.2, 0.25) is 0 Å². The molecule has 0 spiro atoms. The Kier molecular flexibility index (Phi) is 4.20. The van der Waals surface area contributed by atoms with E-state index in [1.54, 1.807) is 6.07 Å². The van der Waals surface area contributed by atoms with Crippen molar-refractivity contribution < 1.29 is 22.5 Å². The molecule has 1 heterocycles. The Labute approximate surface area is 111 Å². The molecular weight excluding hydrogens is 272 g/mol. The molecule has 106 valence electrons. The number of rotatable bonds is 5. The fraction of sp³-hybridized carbons (Fsp3) is 0.636. The van der Waals surface area contributed by atoms with Crippen molar-refractivity contribution in [3.05, 3.63) is 18.0 Å². The fourth-order valence-corrected chi connectivity index (χ4v) is 4.04. The summed E-state index contributed by atoms with van der Waals surface area (Å²) in [4.78, 5) is 11.6. The number of carbonyl (C=O) groups is 1. The number of ether oxygens (including phenoxy) is 1. The minimum atomic E-state index is -3.58. The molecule has 1 aromatic heterocycles. The maximum absolute atomic E-state index is 12.2. The van der Waals surface area contributed by atoms with E-state index >= 15 is 0 Å². The van der Waals surface area contributed by atoms with E-state index in [0.29, 0.717) is 25.0 Å². The first-order chi connectivity index (χ1) is 9.04. The van der Waals surface area contributed by atoms with Gasteiger partial charge in [-0.2, -0.15) is 0 Å². The summed E-state index contributed by atoms with van der Waals surface area (Å²) in [7, 11) is -2.31. The predicted molar refractivity (Wildman–Crippen MR) is 65.4 cm³/mol. The molecule has 1 aliphatic carbocycles. The molecule has 2 unspecified atom stereocenters. The van der Waals surface area contributed by atoms with Gasteiger partial charge in [-0.3, -0.25) is 4.79 Å². The fourth-order valence-electron chi connectivity index (χ4n) is 2.33. The van der Waals surface area contributed by atoms with Gasteiger partial charge in [-0.25, -0.2) is 13.1 Å². The zero-order valence-electron chi connectivity index (χ0n) is 10.5. The lowest BCUT2D eigenvalue weighted by atomic mass is 10.1. The van der Waals surface area contributed by atoms with Crippen molar-refractivity contribution in [3.8, 4) is 0 Å². The summed E-state index contributed by atoms with van der Waals surface area (Å²) in [6, 6.07) is 1.58. The smallest absolute Gasteiger partial charge is 0.310 e. The molecular formula is C11H16N2O5S. The van der Waals surface area contributed by atoms with E-state index in [-0.39, 0.29) is 6.54 Å². The van der Waals surface area contributed by atoms with Gasteiger partial charge in [-0.1, -0.05) is 11.6 Å². The van der Waals surface area contributed by atoms with Gasteiger partial charge in [0.05, 0.1) is 31.0 Å². The van der Waals surface area contributed by atoms with Gasteiger partial charge in [0, 0.05) is 6.07 Å². The Morgan fingerprint density at radius 1 is 1.58 bits per heavy atom. The SMILES string of the molecule is COC(=O)C1CCCC1S(=O)(=O)NCc1ccno1. The van der Waals surface area contributed by atoms with Gasteiger partial charge in [0.25, 0.3) is 0 Å². The number of sulfonamides is 1. The third kappa shape index (κ3) is 3.13. The molecule has 7 nitrogen and oxygen atoms in total. The van der Waals surface area contributed by atoms with Crippen LogP contribution in [0.4, 0.5) is 0 Å². The van der Waals surface area contributed by atoms with Gasteiger partial charge in [-0.05, 0) is 12.8 Å². The summed E-state index contributed by atoms with van der Waals surface area (Å²) in [5.74, 6) is -0.624. The highest BCUT2D eigenvalue weighted by Crippen LogP contribution is 2.31. The van der Waals surface area contributed by atoms with Crippen LogP contribution in [0, 0.1) is 5.92 Å². The summed E-state index contributed by atoms with van der Waals surface area (Å²) in [5.41, 5.74) is 0. The lowest BCUT2D eigenvalue weighted by molar-refractivity contribution is -0.145. The van der Waals surface area contributed by atoms with Crippen LogP contribution >= 0.6 is 0 Å². The van der Waals surface area contributed by atoms with Crippen LogP contribution in [-0.2, 0) is 26.1 Å². The molecule has 0 bridgehead atoms. The normalized spacial score (nSPS) is 23.4. The van der Waals surface area contributed by atoms with Crippen molar-refractivity contribution in [1.29, 1.82) is 0 Å². The van der Waals surface area contributed by atoms with Gasteiger partial charge >= 0.3 is 5.97 Å². The Morgan fingerprint density at radius 3 is 3.00 bits per heavy atom. The first-order valence-corrected chi connectivity index (χ1v) is 7.55. The summed E-state index contributed by atoms with van der Waals surface area (Å²) < 4.78 is 36.3. The first kappa shape index (κ1) is 14.0. The van der Waals surface area contributed by atoms with E-state index in [2.05, 4.69) is 14.6 Å². The highest BCUT2D eigenvalue weighted by atomic mass is 32.2. The highest BCUT2D eigenvalue weighted by Gasteiger charge is 2.42. The standard InChI is InChI=1S/C11H16N2O5S/c1-17-11(14)9-3-2-4-10(9)19(15,16)13-7-8-5-6-12-18-8/h5-6,9-10,13H,2-4,7H2,1H3. The molecule has 1 saturated carbocycles. The van der Waals surface area contributed by atoms with Crippen molar-refractivity contribution in [2.75, 3.05) is 7.11 Å². The van der Waals surface area contributed by atoms with Crippen molar-refractivity contribution in [1.82, 2.24) is 9.88 Å². The molecule has 8 heteroatoms. The maximum Gasteiger partial charge on any atom is 0.310 e. The molecule has 1 aromatic rings. The van der Waals surface area contributed by atoms with Crippen LogP contribution < -0.4 is 4.72 Å². The van der Waals surface area contributed by atoms with E-state index in [1.165, 1.54) is 13.3 Å². The summed E-state index contributed by atoms with van der Waals surface area (Å²) in [6.07, 6.45) is 3.15. The van der Waals surface area contributed by atoms with E-state index in [1.807, 2.05) is 0 Å². The van der Waals surface area contributed by atoms with E-state index in [4.69, 9.17) is 4.52 Å². The highest BCUT2D eigenvalue weighted by molar-refractivity contribution is 7.90. The third-order valence-electron chi connectivity index (χ3n) is 3.29. The van der Waals surface area contributed by atoms with Crippen molar-refractivity contribution in [2.45, 2.75) is 31.1 Å². The van der Waals surface area contributed by atoms with E-state index < -0.39 is 27.2 Å². The predicted octanol–water partition coefficient (Wildman–Crippen LogP) is 0.436. The Hall–Kier alpha value is -1.41. The summed E-state index contributed by atoms with van der Waals surface area (Å²) in [6.45, 7) is 0.0345. The number of hydrogen-bond donors (Lipinski definition) is 1. The van der Waals surface area contributed by atoms with Gasteiger partial charge in [0.1, 0.15) is 0 Å². The molecule has 2 rings (SSSR count). The lowest BCUT2D eigenvalue weighted by Gasteiger charge is -2.18. The third-order valence-corrected chi connectivity index (χ3v) is 5.20. The van der Waals surface area contributed by atoms with Crippen LogP contribution in [-0.4, -0.2) is 31.9 Å². The molecule has 19 heavy (non-hydrogen) atoms. The van der Waals surface area contributed by atoms with Gasteiger partial charge < -0.3 is 9.26 Å². The quantitative estimate of drug-likeness (QED) is 0.789. The average Bonchev–Trinajstić information content (AvgIpc) is 3.06. The minimum Gasteiger partial charge on any atom is -0.469 e. The molecule has 0 radical (unpaired) electrons. The number of carbonyl (C=O) groups excluding carboxylic acids is 1. The molecule has 0 saturated heterocycles. The van der Waals surface area contributed by atoms with Gasteiger partial charge in [-0.15, -0.1) is 0 Å². The van der Waals surface area contributed by atoms with Crippen LogP contribution in [0.5, 0.6) is 0 Å². The molecule has 0 amide bonds. The van der Waals surface area contributed by atoms with Crippen LogP contribution in [0.25, 0.3) is 0 Å². The first-order valence-electron chi connectivity index (χ1n) is 6.00.